The summed E-state index contributed by atoms with van der Waals surface area (Å²) >= 11 is 0. The third-order valence-corrected chi connectivity index (χ3v) is 6.07. The summed E-state index contributed by atoms with van der Waals surface area (Å²) in [6, 6.07) is 28.6. The Bertz CT molecular complexity index is 1350. The Morgan fingerprint density at radius 1 is 0.889 bits per heavy atom. The molecule has 0 unspecified atom stereocenters. The van der Waals surface area contributed by atoms with E-state index in [1.165, 1.54) is 0 Å². The molecule has 0 aliphatic carbocycles. The number of hydrogen-bond acceptors (Lipinski definition) is 4. The predicted molar refractivity (Wildman–Crippen MR) is 148 cm³/mol. The molecule has 0 atom stereocenters. The summed E-state index contributed by atoms with van der Waals surface area (Å²) in [5.41, 5.74) is 3.99. The van der Waals surface area contributed by atoms with Gasteiger partial charge in [0.2, 0.25) is 0 Å². The van der Waals surface area contributed by atoms with Crippen LogP contribution < -0.4 is 10.1 Å². The highest BCUT2D eigenvalue weighted by Crippen LogP contribution is 2.35. The van der Waals surface area contributed by atoms with Crippen LogP contribution in [0.15, 0.2) is 91.0 Å². The lowest BCUT2D eigenvalue weighted by Gasteiger charge is -2.17. The molecule has 4 aromatic carbocycles. The van der Waals surface area contributed by atoms with Crippen molar-refractivity contribution < 1.29 is 14.6 Å². The Balaban J connectivity index is 1.71. The van der Waals surface area contributed by atoms with Gasteiger partial charge in [-0.15, -0.1) is 0 Å². The number of nitrogens with zero attached hydrogens (tertiary/aromatic N) is 1. The van der Waals surface area contributed by atoms with Gasteiger partial charge in [-0.05, 0) is 84.4 Å². The van der Waals surface area contributed by atoms with E-state index in [0.717, 1.165) is 39.8 Å². The Hall–Kier alpha value is -4.09. The zero-order valence-corrected chi connectivity index (χ0v) is 21.0. The lowest BCUT2D eigenvalue weighted by atomic mass is 9.89. The second-order valence-electron chi connectivity index (χ2n) is 8.91. The molecule has 4 rings (SSSR count). The first-order chi connectivity index (χ1) is 17.5. The second kappa shape index (κ2) is 11.6. The van der Waals surface area contributed by atoms with Crippen LogP contribution in [-0.4, -0.2) is 43.2 Å². The van der Waals surface area contributed by atoms with Crippen molar-refractivity contribution in [1.82, 2.24) is 4.90 Å². The van der Waals surface area contributed by atoms with Crippen molar-refractivity contribution in [2.75, 3.05) is 32.6 Å². The van der Waals surface area contributed by atoms with Gasteiger partial charge in [0.1, 0.15) is 18.1 Å². The molecule has 0 saturated carbocycles. The molecule has 0 fully saturated rings. The van der Waals surface area contributed by atoms with Gasteiger partial charge in [-0.3, -0.25) is 4.79 Å². The number of benzene rings is 4. The number of fused-ring (bicyclic) bond motifs is 1. The van der Waals surface area contributed by atoms with Crippen LogP contribution in [0.2, 0.25) is 0 Å². The van der Waals surface area contributed by atoms with Crippen molar-refractivity contribution in [3.63, 3.8) is 0 Å². The molecule has 0 spiro atoms. The Morgan fingerprint density at radius 3 is 2.28 bits per heavy atom. The van der Waals surface area contributed by atoms with E-state index in [9.17, 15) is 9.90 Å². The van der Waals surface area contributed by atoms with Crippen molar-refractivity contribution in [3.05, 3.63) is 102 Å². The molecule has 0 aliphatic heterocycles. The zero-order chi connectivity index (χ0) is 25.5. The van der Waals surface area contributed by atoms with Gasteiger partial charge >= 0.3 is 0 Å². The fourth-order valence-corrected chi connectivity index (χ4v) is 4.24. The monoisotopic (exact) mass is 480 g/mol. The van der Waals surface area contributed by atoms with Crippen LogP contribution in [0.3, 0.4) is 0 Å². The van der Waals surface area contributed by atoms with Gasteiger partial charge in [-0.25, -0.2) is 0 Å². The average Bonchev–Trinajstić information content (AvgIpc) is 2.88. The SMILES string of the molecule is CC/C(=C(/C(=O)Nc1ccc(OCCN(C)C)cc1)c1ccc(O)cc1)c1cccc2ccccc12. The van der Waals surface area contributed by atoms with Gasteiger partial charge in [-0.2, -0.15) is 0 Å². The molecular formula is C31H32N2O3. The summed E-state index contributed by atoms with van der Waals surface area (Å²) < 4.78 is 5.77. The van der Waals surface area contributed by atoms with E-state index < -0.39 is 0 Å². The normalized spacial score (nSPS) is 11.9. The number of carbonyl (C=O) groups excluding carboxylic acids is 1. The fourth-order valence-electron chi connectivity index (χ4n) is 4.24. The molecule has 0 aliphatic rings. The number of rotatable bonds is 9. The first kappa shape index (κ1) is 25.0. The number of phenols is 1. The highest BCUT2D eigenvalue weighted by molar-refractivity contribution is 6.32. The second-order valence-corrected chi connectivity index (χ2v) is 8.91. The standard InChI is InChI=1S/C31H32N2O3/c1-4-27(29-11-7-9-22-8-5-6-10-28(22)29)30(23-12-16-25(34)17-13-23)31(35)32-24-14-18-26(19-15-24)36-21-20-33(2)3/h5-19,34H,4,20-21H2,1-3H3,(H,32,35)/b30-27-. The van der Waals surface area contributed by atoms with Crippen molar-refractivity contribution in [2.24, 2.45) is 0 Å². The molecule has 0 aromatic heterocycles. The molecule has 0 heterocycles. The van der Waals surface area contributed by atoms with Crippen molar-refractivity contribution in [2.45, 2.75) is 13.3 Å². The molecule has 1 amide bonds. The number of amides is 1. The summed E-state index contributed by atoms with van der Waals surface area (Å²) in [7, 11) is 4.01. The van der Waals surface area contributed by atoms with Crippen molar-refractivity contribution >= 4 is 33.5 Å². The highest BCUT2D eigenvalue weighted by Gasteiger charge is 2.20. The van der Waals surface area contributed by atoms with Gasteiger partial charge in [-0.1, -0.05) is 61.5 Å². The first-order valence-corrected chi connectivity index (χ1v) is 12.2. The van der Waals surface area contributed by atoms with E-state index in [2.05, 4.69) is 41.4 Å². The predicted octanol–water partition coefficient (Wildman–Crippen LogP) is 6.45. The van der Waals surface area contributed by atoms with Gasteiger partial charge in [0.05, 0.1) is 5.57 Å². The maximum absolute atomic E-state index is 13.8. The van der Waals surface area contributed by atoms with Gasteiger partial charge in [0.25, 0.3) is 5.91 Å². The number of nitrogens with one attached hydrogen (secondary N) is 1. The molecule has 5 heteroatoms. The van der Waals surface area contributed by atoms with Crippen LogP contribution in [0.4, 0.5) is 5.69 Å². The molecule has 0 bridgehead atoms. The third kappa shape index (κ3) is 5.93. The topological polar surface area (TPSA) is 61.8 Å². The number of allylic oxidation sites excluding steroid dienone is 1. The average molecular weight is 481 g/mol. The van der Waals surface area contributed by atoms with E-state index in [4.69, 9.17) is 4.74 Å². The maximum Gasteiger partial charge on any atom is 0.256 e. The van der Waals surface area contributed by atoms with Gasteiger partial charge in [0.15, 0.2) is 0 Å². The van der Waals surface area contributed by atoms with Crippen LogP contribution in [0.25, 0.3) is 21.9 Å². The molecule has 36 heavy (non-hydrogen) atoms. The minimum Gasteiger partial charge on any atom is -0.508 e. The van der Waals surface area contributed by atoms with Crippen LogP contribution in [0, 0.1) is 0 Å². The first-order valence-electron chi connectivity index (χ1n) is 12.2. The molecule has 0 saturated heterocycles. The lowest BCUT2D eigenvalue weighted by Crippen LogP contribution is -2.19. The van der Waals surface area contributed by atoms with Gasteiger partial charge in [0, 0.05) is 12.2 Å². The number of carbonyl (C=O) groups is 1. The molecule has 184 valence electrons. The molecule has 4 aromatic rings. The summed E-state index contributed by atoms with van der Waals surface area (Å²) in [6.07, 6.45) is 0.663. The Kier molecular flexibility index (Phi) is 8.03. The number of ether oxygens (including phenoxy) is 1. The maximum atomic E-state index is 13.8. The summed E-state index contributed by atoms with van der Waals surface area (Å²) in [6.45, 7) is 3.48. The van der Waals surface area contributed by atoms with E-state index >= 15 is 0 Å². The molecule has 2 N–H and O–H groups in total. The van der Waals surface area contributed by atoms with E-state index in [0.29, 0.717) is 24.3 Å². The Morgan fingerprint density at radius 2 is 1.58 bits per heavy atom. The van der Waals surface area contributed by atoms with Crippen LogP contribution in [0.5, 0.6) is 11.5 Å². The third-order valence-electron chi connectivity index (χ3n) is 6.07. The number of anilines is 1. The van der Waals surface area contributed by atoms with E-state index in [1.807, 2.05) is 56.6 Å². The summed E-state index contributed by atoms with van der Waals surface area (Å²) in [4.78, 5) is 15.8. The van der Waals surface area contributed by atoms with Crippen LogP contribution >= 0.6 is 0 Å². The zero-order valence-electron chi connectivity index (χ0n) is 21.0. The lowest BCUT2D eigenvalue weighted by molar-refractivity contribution is -0.111. The minimum atomic E-state index is -0.202. The highest BCUT2D eigenvalue weighted by atomic mass is 16.5. The fraction of sp³-hybridized carbons (Fsp3) is 0.194. The molecular weight excluding hydrogens is 448 g/mol. The van der Waals surface area contributed by atoms with Crippen molar-refractivity contribution in [1.29, 1.82) is 0 Å². The Labute approximate surface area is 212 Å². The van der Waals surface area contributed by atoms with E-state index in [1.54, 1.807) is 24.3 Å². The van der Waals surface area contributed by atoms with Gasteiger partial charge < -0.3 is 20.1 Å². The number of likely N-dealkylation sites (N-methyl/N-ethyl adjacent to an activating group) is 1. The van der Waals surface area contributed by atoms with E-state index in [-0.39, 0.29) is 11.7 Å². The summed E-state index contributed by atoms with van der Waals surface area (Å²) in [5, 5.41) is 15.1. The smallest absolute Gasteiger partial charge is 0.256 e. The summed E-state index contributed by atoms with van der Waals surface area (Å²) in [5.74, 6) is 0.715. The molecule has 5 nitrogen and oxygen atoms in total. The molecule has 0 radical (unpaired) electrons. The van der Waals surface area contributed by atoms with Crippen LogP contribution in [-0.2, 0) is 4.79 Å². The minimum absolute atomic E-state index is 0.159. The number of phenolic OH excluding ortho intramolecular Hbond substituents is 1. The van der Waals surface area contributed by atoms with Crippen molar-refractivity contribution in [3.8, 4) is 11.5 Å². The number of aromatic hydroxyl groups is 1. The number of hydrogen-bond donors (Lipinski definition) is 2. The quantitative estimate of drug-likeness (QED) is 0.214. The van der Waals surface area contributed by atoms with Crippen LogP contribution in [0.1, 0.15) is 24.5 Å². The largest absolute Gasteiger partial charge is 0.508 e.